The van der Waals surface area contributed by atoms with Crippen LogP contribution in [0.25, 0.3) is 22.4 Å². The number of rotatable bonds is 7. The normalized spacial score (nSPS) is 16.2. The Hall–Kier alpha value is -4.37. The number of aliphatic hydroxyl groups is 1. The van der Waals surface area contributed by atoms with Crippen LogP contribution in [0.1, 0.15) is 54.8 Å². The standard InChI is InChI=1S/C34H38N6O3/c1-22-27(18-30(42)43)32(39-15-10-34(2,3)11-16-39)31(29(21-41)37-22)24-6-7-26-20-40(14-9-23(26)17-24)33-36-13-8-28(38-33)25-5-4-12-35-19-25/h4-8,12-13,17,19,41H,9-11,14-16,18,20-21H2,1-3H3,(H,42,43). The van der Waals surface area contributed by atoms with Crippen LogP contribution in [0.5, 0.6) is 0 Å². The number of nitrogens with zero attached hydrogens (tertiary/aromatic N) is 6. The molecule has 0 aliphatic carbocycles. The van der Waals surface area contributed by atoms with Gasteiger partial charge in [0.05, 0.1) is 30.1 Å². The largest absolute Gasteiger partial charge is 0.481 e. The van der Waals surface area contributed by atoms with E-state index in [1.54, 1.807) is 18.6 Å². The molecule has 2 aliphatic rings. The number of fused-ring (bicyclic) bond motifs is 1. The van der Waals surface area contributed by atoms with Gasteiger partial charge in [-0.25, -0.2) is 9.97 Å². The van der Waals surface area contributed by atoms with E-state index >= 15 is 0 Å². The molecule has 0 bridgehead atoms. The van der Waals surface area contributed by atoms with Gasteiger partial charge in [0, 0.05) is 67.2 Å². The summed E-state index contributed by atoms with van der Waals surface area (Å²) in [5.41, 5.74) is 9.16. The second-order valence-corrected chi connectivity index (χ2v) is 12.4. The van der Waals surface area contributed by atoms with E-state index in [4.69, 9.17) is 9.97 Å². The van der Waals surface area contributed by atoms with Crippen molar-refractivity contribution in [1.29, 1.82) is 0 Å². The molecule has 43 heavy (non-hydrogen) atoms. The summed E-state index contributed by atoms with van der Waals surface area (Å²) in [6.45, 7) is 9.32. The first kappa shape index (κ1) is 28.7. The summed E-state index contributed by atoms with van der Waals surface area (Å²) in [6, 6.07) is 12.2. The fraction of sp³-hybridized carbons (Fsp3) is 0.382. The lowest BCUT2D eigenvalue weighted by molar-refractivity contribution is -0.136. The molecule has 0 atom stereocenters. The van der Waals surface area contributed by atoms with Crippen LogP contribution in [0.2, 0.25) is 0 Å². The Morgan fingerprint density at radius 1 is 0.977 bits per heavy atom. The van der Waals surface area contributed by atoms with Crippen molar-refractivity contribution in [3.05, 3.63) is 83.1 Å². The number of hydrogen-bond acceptors (Lipinski definition) is 8. The number of carbonyl (C=O) groups is 1. The van der Waals surface area contributed by atoms with Crippen LogP contribution in [0.15, 0.2) is 55.0 Å². The Morgan fingerprint density at radius 3 is 2.51 bits per heavy atom. The zero-order chi connectivity index (χ0) is 30.1. The van der Waals surface area contributed by atoms with Gasteiger partial charge in [-0.15, -0.1) is 0 Å². The van der Waals surface area contributed by atoms with Crippen LogP contribution in [0.3, 0.4) is 0 Å². The fourth-order valence-electron chi connectivity index (χ4n) is 6.30. The highest BCUT2D eigenvalue weighted by molar-refractivity contribution is 5.87. The van der Waals surface area contributed by atoms with E-state index < -0.39 is 5.97 Å². The van der Waals surface area contributed by atoms with Gasteiger partial charge in [0.1, 0.15) is 0 Å². The number of anilines is 2. The third-order valence-corrected chi connectivity index (χ3v) is 8.85. The molecular formula is C34H38N6O3. The molecule has 5 heterocycles. The van der Waals surface area contributed by atoms with Crippen LogP contribution >= 0.6 is 0 Å². The average Bonchev–Trinajstić information content (AvgIpc) is 3.01. The number of carboxylic acids is 1. The molecule has 2 aliphatic heterocycles. The summed E-state index contributed by atoms with van der Waals surface area (Å²) in [6.07, 6.45) is 8.08. The molecule has 1 aromatic carbocycles. The summed E-state index contributed by atoms with van der Waals surface area (Å²) >= 11 is 0. The Bertz CT molecular complexity index is 1650. The van der Waals surface area contributed by atoms with Gasteiger partial charge in [0.2, 0.25) is 5.95 Å². The third-order valence-electron chi connectivity index (χ3n) is 8.85. The molecule has 0 unspecified atom stereocenters. The number of aliphatic carboxylic acids is 1. The van der Waals surface area contributed by atoms with E-state index in [-0.39, 0.29) is 18.4 Å². The van der Waals surface area contributed by atoms with Gasteiger partial charge in [-0.05, 0) is 66.5 Å². The third kappa shape index (κ3) is 5.95. The Kier molecular flexibility index (Phi) is 7.83. The van der Waals surface area contributed by atoms with Gasteiger partial charge < -0.3 is 20.0 Å². The quantitative estimate of drug-likeness (QED) is 0.305. The van der Waals surface area contributed by atoms with Crippen molar-refractivity contribution in [2.75, 3.05) is 29.4 Å². The highest BCUT2D eigenvalue weighted by Crippen LogP contribution is 2.42. The molecule has 6 rings (SSSR count). The zero-order valence-corrected chi connectivity index (χ0v) is 25.0. The predicted octanol–water partition coefficient (Wildman–Crippen LogP) is 5.22. The van der Waals surface area contributed by atoms with E-state index in [0.29, 0.717) is 23.9 Å². The number of aliphatic hydroxyl groups excluding tert-OH is 1. The van der Waals surface area contributed by atoms with Crippen LogP contribution < -0.4 is 9.80 Å². The number of aryl methyl sites for hydroxylation is 1. The minimum atomic E-state index is -0.883. The van der Waals surface area contributed by atoms with E-state index in [9.17, 15) is 15.0 Å². The molecule has 4 aromatic rings. The molecule has 3 aromatic heterocycles. The second kappa shape index (κ2) is 11.7. The van der Waals surface area contributed by atoms with Gasteiger partial charge >= 0.3 is 5.97 Å². The van der Waals surface area contributed by atoms with Crippen LogP contribution in [0.4, 0.5) is 11.6 Å². The van der Waals surface area contributed by atoms with Gasteiger partial charge in [0.15, 0.2) is 0 Å². The highest BCUT2D eigenvalue weighted by Gasteiger charge is 2.31. The maximum Gasteiger partial charge on any atom is 0.307 e. The molecule has 222 valence electrons. The second-order valence-electron chi connectivity index (χ2n) is 12.4. The zero-order valence-electron chi connectivity index (χ0n) is 25.0. The number of aromatic nitrogens is 4. The van der Waals surface area contributed by atoms with E-state index in [2.05, 4.69) is 51.8 Å². The highest BCUT2D eigenvalue weighted by atomic mass is 16.4. The van der Waals surface area contributed by atoms with E-state index in [1.807, 2.05) is 25.1 Å². The first-order valence-electron chi connectivity index (χ1n) is 14.9. The number of piperidine rings is 1. The molecule has 0 spiro atoms. The summed E-state index contributed by atoms with van der Waals surface area (Å²) in [5, 5.41) is 20.3. The smallest absolute Gasteiger partial charge is 0.307 e. The molecule has 0 saturated carbocycles. The minimum absolute atomic E-state index is 0.106. The topological polar surface area (TPSA) is 116 Å². The van der Waals surface area contributed by atoms with Crippen LogP contribution in [0, 0.1) is 12.3 Å². The lowest BCUT2D eigenvalue weighted by Gasteiger charge is -2.40. The van der Waals surface area contributed by atoms with Crippen molar-refractivity contribution in [3.63, 3.8) is 0 Å². The Labute approximate surface area is 252 Å². The molecule has 1 saturated heterocycles. The molecule has 0 radical (unpaired) electrons. The predicted molar refractivity (Wildman–Crippen MR) is 167 cm³/mol. The SMILES string of the molecule is Cc1nc(CO)c(-c2ccc3c(c2)CCN(c2nccc(-c4cccnc4)n2)C3)c(N2CCC(C)(C)CC2)c1CC(=O)O. The molecule has 1 fully saturated rings. The first-order valence-corrected chi connectivity index (χ1v) is 14.9. The Morgan fingerprint density at radius 2 is 1.79 bits per heavy atom. The molecule has 2 N–H and O–H groups in total. The van der Waals surface area contributed by atoms with Crippen molar-refractivity contribution in [2.45, 2.75) is 59.6 Å². The van der Waals surface area contributed by atoms with Crippen LogP contribution in [-0.2, 0) is 30.8 Å². The lowest BCUT2D eigenvalue weighted by Crippen LogP contribution is -2.38. The Balaban J connectivity index is 1.36. The molecular weight excluding hydrogens is 540 g/mol. The maximum absolute atomic E-state index is 12.0. The van der Waals surface area contributed by atoms with Crippen molar-refractivity contribution >= 4 is 17.6 Å². The summed E-state index contributed by atoms with van der Waals surface area (Å²) in [5.74, 6) is -0.193. The molecule has 0 amide bonds. The molecule has 9 nitrogen and oxygen atoms in total. The molecule has 9 heteroatoms. The van der Waals surface area contributed by atoms with Gasteiger partial charge in [-0.1, -0.05) is 32.0 Å². The number of carboxylic acid groups (broad SMARTS) is 1. The van der Waals surface area contributed by atoms with Gasteiger partial charge in [0.25, 0.3) is 0 Å². The van der Waals surface area contributed by atoms with Crippen molar-refractivity contribution in [3.8, 4) is 22.4 Å². The van der Waals surface area contributed by atoms with Crippen molar-refractivity contribution in [1.82, 2.24) is 19.9 Å². The lowest BCUT2D eigenvalue weighted by atomic mass is 9.81. The summed E-state index contributed by atoms with van der Waals surface area (Å²) in [4.78, 5) is 34.9. The van der Waals surface area contributed by atoms with Gasteiger partial charge in [-0.2, -0.15) is 0 Å². The van der Waals surface area contributed by atoms with Crippen molar-refractivity contribution in [2.24, 2.45) is 5.41 Å². The summed E-state index contributed by atoms with van der Waals surface area (Å²) in [7, 11) is 0. The number of hydrogen-bond donors (Lipinski definition) is 2. The van der Waals surface area contributed by atoms with E-state index in [0.717, 1.165) is 72.5 Å². The maximum atomic E-state index is 12.0. The van der Waals surface area contributed by atoms with Gasteiger partial charge in [-0.3, -0.25) is 14.8 Å². The summed E-state index contributed by atoms with van der Waals surface area (Å²) < 4.78 is 0. The first-order chi connectivity index (χ1) is 20.7. The number of pyridine rings is 2. The fourth-order valence-corrected chi connectivity index (χ4v) is 6.30. The van der Waals surface area contributed by atoms with E-state index in [1.165, 1.54) is 11.1 Å². The monoisotopic (exact) mass is 578 g/mol. The minimum Gasteiger partial charge on any atom is -0.481 e. The van der Waals surface area contributed by atoms with Crippen molar-refractivity contribution < 1.29 is 15.0 Å². The average molecular weight is 579 g/mol. The number of benzene rings is 1. The van der Waals surface area contributed by atoms with Crippen LogP contribution in [-0.4, -0.2) is 55.8 Å².